The molecule has 1 aromatic carbocycles. The van der Waals surface area contributed by atoms with Crippen LogP contribution >= 0.6 is 0 Å². The van der Waals surface area contributed by atoms with Crippen LogP contribution in [-0.2, 0) is 11.3 Å². The maximum Gasteiger partial charge on any atom is 0.242 e. The molecule has 1 saturated heterocycles. The highest BCUT2D eigenvalue weighted by Crippen LogP contribution is 2.17. The maximum absolute atomic E-state index is 12.8. The van der Waals surface area contributed by atoms with E-state index in [2.05, 4.69) is 24.8 Å². The van der Waals surface area contributed by atoms with Gasteiger partial charge in [-0.2, -0.15) is 0 Å². The Bertz CT molecular complexity index is 1130. The molecule has 1 aliphatic rings. The van der Waals surface area contributed by atoms with Gasteiger partial charge < -0.3 is 14.4 Å². The lowest BCUT2D eigenvalue weighted by Gasteiger charge is -2.35. The Hall–Kier alpha value is -3.75. The summed E-state index contributed by atoms with van der Waals surface area (Å²) in [5.74, 6) is 1.74. The number of hydrogen-bond donors (Lipinski definition) is 0. The summed E-state index contributed by atoms with van der Waals surface area (Å²) in [4.78, 5) is 34.0. The van der Waals surface area contributed by atoms with Gasteiger partial charge in [0.25, 0.3) is 0 Å². The molecule has 1 amide bonds. The predicted molar refractivity (Wildman–Crippen MR) is 108 cm³/mol. The van der Waals surface area contributed by atoms with Crippen molar-refractivity contribution in [1.29, 1.82) is 0 Å². The van der Waals surface area contributed by atoms with E-state index in [0.29, 0.717) is 19.6 Å². The van der Waals surface area contributed by atoms with Gasteiger partial charge in [0, 0.05) is 44.6 Å². The first kappa shape index (κ1) is 17.4. The zero-order chi connectivity index (χ0) is 19.6. The molecule has 1 aliphatic heterocycles. The van der Waals surface area contributed by atoms with Crippen LogP contribution in [0.25, 0.3) is 16.9 Å². The van der Waals surface area contributed by atoms with E-state index >= 15 is 0 Å². The molecule has 0 unspecified atom stereocenters. The third-order valence-corrected chi connectivity index (χ3v) is 5.20. The number of anilines is 1. The largest absolute Gasteiger partial charge is 0.353 e. The van der Waals surface area contributed by atoms with Crippen molar-refractivity contribution in [3.8, 4) is 5.82 Å². The minimum Gasteiger partial charge on any atom is -0.353 e. The first-order valence-corrected chi connectivity index (χ1v) is 9.51. The lowest BCUT2D eigenvalue weighted by Crippen LogP contribution is -2.49. The second kappa shape index (κ2) is 7.34. The van der Waals surface area contributed by atoms with Crippen LogP contribution in [0.5, 0.6) is 0 Å². The number of amides is 1. The van der Waals surface area contributed by atoms with Gasteiger partial charge in [0.2, 0.25) is 5.91 Å². The minimum absolute atomic E-state index is 0.106. The van der Waals surface area contributed by atoms with Gasteiger partial charge in [0.15, 0.2) is 0 Å². The Morgan fingerprint density at radius 1 is 0.966 bits per heavy atom. The van der Waals surface area contributed by atoms with Gasteiger partial charge in [-0.05, 0) is 12.1 Å². The molecule has 0 atom stereocenters. The molecule has 9 heteroatoms. The summed E-state index contributed by atoms with van der Waals surface area (Å²) in [6.45, 7) is 3.10. The Kier molecular flexibility index (Phi) is 4.39. The number of nitrogens with zero attached hydrogens (tertiary/aromatic N) is 8. The Morgan fingerprint density at radius 3 is 2.62 bits per heavy atom. The number of hydrogen-bond acceptors (Lipinski definition) is 6. The van der Waals surface area contributed by atoms with E-state index in [-0.39, 0.29) is 5.91 Å². The Balaban J connectivity index is 1.23. The number of imidazole rings is 2. The van der Waals surface area contributed by atoms with Crippen molar-refractivity contribution in [3.63, 3.8) is 0 Å². The normalized spacial score (nSPS) is 14.5. The van der Waals surface area contributed by atoms with Crippen LogP contribution in [0.1, 0.15) is 0 Å². The van der Waals surface area contributed by atoms with E-state index in [1.165, 1.54) is 0 Å². The van der Waals surface area contributed by atoms with Gasteiger partial charge >= 0.3 is 0 Å². The molecule has 4 heterocycles. The van der Waals surface area contributed by atoms with Gasteiger partial charge in [-0.3, -0.25) is 9.36 Å². The molecule has 0 radical (unpaired) electrons. The molecule has 0 aliphatic carbocycles. The second-order valence-electron chi connectivity index (χ2n) is 6.93. The fourth-order valence-electron chi connectivity index (χ4n) is 3.61. The molecular formula is C20H20N8O. The minimum atomic E-state index is 0.106. The standard InChI is InChI=1S/C20H20N8O/c29-20(12-28-15-24-16-3-1-2-4-17(16)28)26-9-7-25(8-10-26)18-11-19(23-13-22-18)27-6-5-21-14-27/h1-6,11,13-15H,7-10,12H2. The third-order valence-electron chi connectivity index (χ3n) is 5.20. The Morgan fingerprint density at radius 2 is 1.79 bits per heavy atom. The highest BCUT2D eigenvalue weighted by Gasteiger charge is 2.22. The van der Waals surface area contributed by atoms with Crippen LogP contribution in [0.3, 0.4) is 0 Å². The zero-order valence-corrected chi connectivity index (χ0v) is 15.8. The van der Waals surface area contributed by atoms with Gasteiger partial charge in [-0.25, -0.2) is 19.9 Å². The van der Waals surface area contributed by atoms with E-state index in [9.17, 15) is 4.79 Å². The average Bonchev–Trinajstić information content (AvgIpc) is 3.45. The van der Waals surface area contributed by atoms with Crippen molar-refractivity contribution in [2.45, 2.75) is 6.54 Å². The molecule has 0 bridgehead atoms. The molecule has 3 aromatic heterocycles. The summed E-state index contributed by atoms with van der Waals surface area (Å²) in [6.07, 6.45) is 8.57. The van der Waals surface area contributed by atoms with Crippen LogP contribution < -0.4 is 4.90 Å². The molecule has 29 heavy (non-hydrogen) atoms. The number of piperazine rings is 1. The van der Waals surface area contributed by atoms with Crippen LogP contribution in [0.4, 0.5) is 5.82 Å². The fourth-order valence-corrected chi connectivity index (χ4v) is 3.61. The molecule has 0 saturated carbocycles. The van der Waals surface area contributed by atoms with E-state index in [4.69, 9.17) is 0 Å². The number of aromatic nitrogens is 6. The highest BCUT2D eigenvalue weighted by atomic mass is 16.2. The number of carbonyl (C=O) groups excluding carboxylic acids is 1. The average molecular weight is 388 g/mol. The summed E-state index contributed by atoms with van der Waals surface area (Å²) in [6, 6.07) is 9.79. The number of rotatable bonds is 4. The van der Waals surface area contributed by atoms with Gasteiger partial charge in [-0.15, -0.1) is 0 Å². The number of benzene rings is 1. The molecule has 0 spiro atoms. The lowest BCUT2D eigenvalue weighted by molar-refractivity contribution is -0.132. The predicted octanol–water partition coefficient (Wildman–Crippen LogP) is 1.36. The summed E-state index contributed by atoms with van der Waals surface area (Å²) in [7, 11) is 0. The van der Waals surface area contributed by atoms with Crippen LogP contribution in [0.15, 0.2) is 61.7 Å². The summed E-state index contributed by atoms with van der Waals surface area (Å²) < 4.78 is 3.76. The molecule has 0 N–H and O–H groups in total. The molecule has 1 fully saturated rings. The summed E-state index contributed by atoms with van der Waals surface area (Å²) >= 11 is 0. The SMILES string of the molecule is O=C(Cn1cnc2ccccc21)N1CCN(c2cc(-n3ccnc3)ncn2)CC1. The molecule has 9 nitrogen and oxygen atoms in total. The first-order valence-electron chi connectivity index (χ1n) is 9.51. The van der Waals surface area contributed by atoms with Crippen molar-refractivity contribution in [1.82, 2.24) is 34.0 Å². The smallest absolute Gasteiger partial charge is 0.242 e. The van der Waals surface area contributed by atoms with Gasteiger partial charge in [0.05, 0.1) is 17.4 Å². The maximum atomic E-state index is 12.8. The quantitative estimate of drug-likeness (QED) is 0.525. The first-order chi connectivity index (χ1) is 14.3. The monoisotopic (exact) mass is 388 g/mol. The van der Waals surface area contributed by atoms with Crippen molar-refractivity contribution < 1.29 is 4.79 Å². The van der Waals surface area contributed by atoms with E-state index in [0.717, 1.165) is 35.8 Å². The highest BCUT2D eigenvalue weighted by molar-refractivity contribution is 5.80. The van der Waals surface area contributed by atoms with Crippen molar-refractivity contribution >= 4 is 22.8 Å². The van der Waals surface area contributed by atoms with Crippen LogP contribution in [0.2, 0.25) is 0 Å². The number of para-hydroxylation sites is 2. The lowest BCUT2D eigenvalue weighted by atomic mass is 10.3. The Labute approximate surface area is 167 Å². The third kappa shape index (κ3) is 3.42. The fraction of sp³-hybridized carbons (Fsp3) is 0.250. The van der Waals surface area contributed by atoms with Crippen molar-refractivity contribution in [3.05, 3.63) is 61.7 Å². The number of carbonyl (C=O) groups is 1. The molecule has 5 rings (SSSR count). The van der Waals surface area contributed by atoms with Crippen molar-refractivity contribution in [2.24, 2.45) is 0 Å². The van der Waals surface area contributed by atoms with E-state index in [1.807, 2.05) is 50.6 Å². The van der Waals surface area contributed by atoms with Gasteiger partial charge in [-0.1, -0.05) is 12.1 Å². The summed E-state index contributed by atoms with van der Waals surface area (Å²) in [5.41, 5.74) is 1.88. The van der Waals surface area contributed by atoms with Crippen LogP contribution in [-0.4, -0.2) is 66.1 Å². The van der Waals surface area contributed by atoms with Crippen molar-refractivity contribution in [2.75, 3.05) is 31.1 Å². The van der Waals surface area contributed by atoms with E-state index in [1.54, 1.807) is 25.2 Å². The molecular weight excluding hydrogens is 368 g/mol. The molecule has 146 valence electrons. The molecule has 4 aromatic rings. The van der Waals surface area contributed by atoms with Crippen LogP contribution in [0, 0.1) is 0 Å². The topological polar surface area (TPSA) is 85.0 Å². The zero-order valence-electron chi connectivity index (χ0n) is 15.8. The second-order valence-corrected chi connectivity index (χ2v) is 6.93. The van der Waals surface area contributed by atoms with Gasteiger partial charge in [0.1, 0.15) is 30.8 Å². The summed E-state index contributed by atoms with van der Waals surface area (Å²) in [5, 5.41) is 0. The van der Waals surface area contributed by atoms with E-state index < -0.39 is 0 Å². The number of fused-ring (bicyclic) bond motifs is 1.